The van der Waals surface area contributed by atoms with Crippen molar-refractivity contribution >= 4 is 29.0 Å². The second kappa shape index (κ2) is 4.74. The quantitative estimate of drug-likeness (QED) is 0.800. The van der Waals surface area contributed by atoms with Crippen LogP contribution in [0.15, 0.2) is 36.4 Å². The third-order valence-electron chi connectivity index (χ3n) is 3.75. The molecule has 22 heavy (non-hydrogen) atoms. The number of benzene rings is 2. The van der Waals surface area contributed by atoms with Gasteiger partial charge in [0.2, 0.25) is 6.79 Å². The fourth-order valence-electron chi connectivity index (χ4n) is 2.66. The first-order valence-corrected chi connectivity index (χ1v) is 7.06. The van der Waals surface area contributed by atoms with Gasteiger partial charge in [0.05, 0.1) is 17.8 Å². The number of fused-ring (bicyclic) bond motifs is 2. The summed E-state index contributed by atoms with van der Waals surface area (Å²) in [4.78, 5) is 25.6. The van der Waals surface area contributed by atoms with Gasteiger partial charge in [-0.05, 0) is 23.8 Å². The molecule has 1 amide bonds. The Morgan fingerprint density at radius 2 is 1.82 bits per heavy atom. The SMILES string of the molecule is O=C1C(=O)N(Cc2cc3c(cc2Cl)OCO3)c2ccccc21. The van der Waals surface area contributed by atoms with Crippen LogP contribution in [0, 0.1) is 0 Å². The van der Waals surface area contributed by atoms with Crippen molar-refractivity contribution < 1.29 is 19.1 Å². The zero-order chi connectivity index (χ0) is 15.3. The van der Waals surface area contributed by atoms with E-state index >= 15 is 0 Å². The smallest absolute Gasteiger partial charge is 0.299 e. The van der Waals surface area contributed by atoms with E-state index in [1.807, 2.05) is 0 Å². The normalized spacial score (nSPS) is 15.4. The van der Waals surface area contributed by atoms with E-state index in [2.05, 4.69) is 0 Å². The number of amides is 1. The second-order valence-electron chi connectivity index (χ2n) is 5.03. The van der Waals surface area contributed by atoms with Crippen molar-refractivity contribution in [1.29, 1.82) is 0 Å². The number of Topliss-reactive ketones (excluding diaryl/α,β-unsaturated/α-hetero) is 1. The van der Waals surface area contributed by atoms with Crippen LogP contribution in [0.25, 0.3) is 0 Å². The summed E-state index contributed by atoms with van der Waals surface area (Å²) in [6, 6.07) is 10.3. The molecule has 0 fully saturated rings. The van der Waals surface area contributed by atoms with Gasteiger partial charge >= 0.3 is 0 Å². The van der Waals surface area contributed by atoms with Gasteiger partial charge in [0, 0.05) is 11.1 Å². The number of para-hydroxylation sites is 1. The van der Waals surface area contributed by atoms with E-state index in [4.69, 9.17) is 21.1 Å². The molecule has 2 aliphatic heterocycles. The summed E-state index contributed by atoms with van der Waals surface area (Å²) in [5.74, 6) is 0.131. The van der Waals surface area contributed by atoms with Crippen LogP contribution >= 0.6 is 11.6 Å². The molecule has 0 aromatic heterocycles. The van der Waals surface area contributed by atoms with Crippen molar-refractivity contribution in [1.82, 2.24) is 0 Å². The summed E-state index contributed by atoms with van der Waals surface area (Å²) >= 11 is 6.24. The van der Waals surface area contributed by atoms with E-state index in [-0.39, 0.29) is 13.3 Å². The van der Waals surface area contributed by atoms with Crippen molar-refractivity contribution in [2.24, 2.45) is 0 Å². The number of anilines is 1. The lowest BCUT2D eigenvalue weighted by molar-refractivity contribution is -0.114. The maximum atomic E-state index is 12.2. The van der Waals surface area contributed by atoms with Crippen LogP contribution in [0.3, 0.4) is 0 Å². The average molecular weight is 316 g/mol. The van der Waals surface area contributed by atoms with E-state index in [9.17, 15) is 9.59 Å². The highest BCUT2D eigenvalue weighted by Crippen LogP contribution is 2.38. The summed E-state index contributed by atoms with van der Waals surface area (Å²) < 4.78 is 10.6. The summed E-state index contributed by atoms with van der Waals surface area (Å²) in [5.41, 5.74) is 1.72. The number of carbonyl (C=O) groups is 2. The highest BCUT2D eigenvalue weighted by atomic mass is 35.5. The monoisotopic (exact) mass is 315 g/mol. The fourth-order valence-corrected chi connectivity index (χ4v) is 2.87. The molecule has 2 aromatic carbocycles. The Kier molecular flexibility index (Phi) is 2.84. The van der Waals surface area contributed by atoms with Crippen LogP contribution < -0.4 is 14.4 Å². The first-order valence-electron chi connectivity index (χ1n) is 6.68. The number of nitrogens with zero attached hydrogens (tertiary/aromatic N) is 1. The van der Waals surface area contributed by atoms with E-state index in [0.717, 1.165) is 0 Å². The van der Waals surface area contributed by atoms with Gasteiger partial charge in [-0.15, -0.1) is 0 Å². The van der Waals surface area contributed by atoms with Crippen LogP contribution in [-0.4, -0.2) is 18.5 Å². The largest absolute Gasteiger partial charge is 0.454 e. The molecule has 2 aliphatic rings. The average Bonchev–Trinajstić information content (AvgIpc) is 3.06. The summed E-state index contributed by atoms with van der Waals surface area (Å²) in [7, 11) is 0. The van der Waals surface area contributed by atoms with Gasteiger partial charge < -0.3 is 14.4 Å². The Bertz CT molecular complexity index is 818. The molecule has 6 heteroatoms. The number of hydrogen-bond donors (Lipinski definition) is 0. The van der Waals surface area contributed by atoms with Gasteiger partial charge in [0.1, 0.15) is 0 Å². The zero-order valence-corrected chi connectivity index (χ0v) is 12.1. The summed E-state index contributed by atoms with van der Waals surface area (Å²) in [5, 5.41) is 0.467. The topological polar surface area (TPSA) is 55.8 Å². The van der Waals surface area contributed by atoms with E-state index in [1.165, 1.54) is 4.90 Å². The van der Waals surface area contributed by atoms with Gasteiger partial charge in [-0.1, -0.05) is 23.7 Å². The fraction of sp³-hybridized carbons (Fsp3) is 0.125. The zero-order valence-electron chi connectivity index (χ0n) is 11.3. The minimum atomic E-state index is -0.546. The standard InChI is InChI=1S/C16H10ClNO4/c17-11-6-14-13(21-8-22-14)5-9(11)7-18-12-4-2-1-3-10(12)15(19)16(18)20/h1-6H,7-8H2. The van der Waals surface area contributed by atoms with Gasteiger partial charge in [0.25, 0.3) is 11.7 Å². The lowest BCUT2D eigenvalue weighted by atomic mass is 10.1. The molecule has 110 valence electrons. The molecule has 0 unspecified atom stereocenters. The predicted molar refractivity (Wildman–Crippen MR) is 79.5 cm³/mol. The third-order valence-corrected chi connectivity index (χ3v) is 4.10. The number of ketones is 1. The van der Waals surface area contributed by atoms with E-state index in [0.29, 0.717) is 33.3 Å². The molecule has 2 heterocycles. The van der Waals surface area contributed by atoms with E-state index in [1.54, 1.807) is 36.4 Å². The van der Waals surface area contributed by atoms with E-state index < -0.39 is 11.7 Å². The molecule has 0 radical (unpaired) electrons. The van der Waals surface area contributed by atoms with Crippen LogP contribution in [0.5, 0.6) is 11.5 Å². The Balaban J connectivity index is 1.73. The van der Waals surface area contributed by atoms with Crippen molar-refractivity contribution in [3.8, 4) is 11.5 Å². The lowest BCUT2D eigenvalue weighted by Crippen LogP contribution is -2.29. The minimum absolute atomic E-state index is 0.152. The van der Waals surface area contributed by atoms with Crippen molar-refractivity contribution in [3.05, 3.63) is 52.5 Å². The van der Waals surface area contributed by atoms with Gasteiger partial charge in [-0.25, -0.2) is 0 Å². The highest BCUT2D eigenvalue weighted by molar-refractivity contribution is 6.52. The lowest BCUT2D eigenvalue weighted by Gasteiger charge is -2.17. The molecular weight excluding hydrogens is 306 g/mol. The number of carbonyl (C=O) groups excluding carboxylic acids is 2. The van der Waals surface area contributed by atoms with Gasteiger partial charge in [-0.2, -0.15) is 0 Å². The Morgan fingerprint density at radius 3 is 2.64 bits per heavy atom. The third kappa shape index (κ3) is 1.86. The van der Waals surface area contributed by atoms with Crippen LogP contribution in [0.1, 0.15) is 15.9 Å². The molecule has 0 spiro atoms. The molecule has 2 aromatic rings. The number of halogens is 1. The maximum absolute atomic E-state index is 12.2. The summed E-state index contributed by atoms with van der Waals surface area (Å²) in [6.07, 6.45) is 0. The van der Waals surface area contributed by atoms with Crippen molar-refractivity contribution in [2.45, 2.75) is 6.54 Å². The van der Waals surface area contributed by atoms with Gasteiger partial charge in [-0.3, -0.25) is 9.59 Å². The minimum Gasteiger partial charge on any atom is -0.454 e. The maximum Gasteiger partial charge on any atom is 0.299 e. The first-order chi connectivity index (χ1) is 10.6. The Hall–Kier alpha value is -2.53. The molecule has 0 saturated heterocycles. The number of hydrogen-bond acceptors (Lipinski definition) is 4. The van der Waals surface area contributed by atoms with Crippen molar-refractivity contribution in [2.75, 3.05) is 11.7 Å². The predicted octanol–water partition coefficient (Wildman–Crippen LogP) is 2.80. The molecule has 0 saturated carbocycles. The highest BCUT2D eigenvalue weighted by Gasteiger charge is 2.35. The number of ether oxygens (including phenoxy) is 2. The second-order valence-corrected chi connectivity index (χ2v) is 5.44. The Labute approximate surface area is 131 Å². The first kappa shape index (κ1) is 13.2. The van der Waals surface area contributed by atoms with Gasteiger partial charge in [0.15, 0.2) is 11.5 Å². The Morgan fingerprint density at radius 1 is 1.09 bits per heavy atom. The molecular formula is C16H10ClNO4. The summed E-state index contributed by atoms with van der Waals surface area (Å²) in [6.45, 7) is 0.357. The van der Waals surface area contributed by atoms with Crippen LogP contribution in [-0.2, 0) is 11.3 Å². The van der Waals surface area contributed by atoms with Crippen LogP contribution in [0.4, 0.5) is 5.69 Å². The number of rotatable bonds is 2. The molecule has 0 atom stereocenters. The molecule has 0 aliphatic carbocycles. The molecule has 0 bridgehead atoms. The molecule has 0 N–H and O–H groups in total. The van der Waals surface area contributed by atoms with Crippen LogP contribution in [0.2, 0.25) is 5.02 Å². The van der Waals surface area contributed by atoms with Crippen molar-refractivity contribution in [3.63, 3.8) is 0 Å². The molecule has 4 rings (SSSR count). The molecule has 5 nitrogen and oxygen atoms in total.